The molecule has 0 N–H and O–H groups in total. The zero-order valence-electron chi connectivity index (χ0n) is 18.5. The van der Waals surface area contributed by atoms with Crippen molar-refractivity contribution in [2.75, 3.05) is 31.2 Å². The van der Waals surface area contributed by atoms with E-state index in [9.17, 15) is 4.79 Å². The lowest BCUT2D eigenvalue weighted by Gasteiger charge is -2.31. The van der Waals surface area contributed by atoms with Crippen LogP contribution in [-0.2, 0) is 11.3 Å². The van der Waals surface area contributed by atoms with Gasteiger partial charge in [-0.3, -0.25) is 4.79 Å². The number of rotatable bonds is 7. The maximum absolute atomic E-state index is 13.5. The van der Waals surface area contributed by atoms with Gasteiger partial charge in [-0.05, 0) is 37.6 Å². The summed E-state index contributed by atoms with van der Waals surface area (Å²) in [5.41, 5.74) is 3.26. The first-order valence-electron chi connectivity index (χ1n) is 11.0. The average molecular weight is 454 g/mol. The first-order chi connectivity index (χ1) is 15.6. The predicted molar refractivity (Wildman–Crippen MR) is 126 cm³/mol. The first-order valence-corrected chi connectivity index (χ1v) is 11.4. The molecule has 0 unspecified atom stereocenters. The maximum atomic E-state index is 13.5. The molecule has 2 heterocycles. The van der Waals surface area contributed by atoms with Gasteiger partial charge in [0, 0.05) is 35.3 Å². The molecule has 0 radical (unpaired) electrons. The van der Waals surface area contributed by atoms with E-state index in [0.717, 1.165) is 36.3 Å². The van der Waals surface area contributed by atoms with Gasteiger partial charge in [0.25, 0.3) is 5.91 Å². The average Bonchev–Trinajstić information content (AvgIpc) is 3.27. The van der Waals surface area contributed by atoms with Crippen LogP contribution in [-0.4, -0.2) is 48.3 Å². The molecule has 168 valence electrons. The summed E-state index contributed by atoms with van der Waals surface area (Å²) in [5, 5.41) is 5.04. The lowest BCUT2D eigenvalue weighted by Crippen LogP contribution is -2.39. The Hall–Kier alpha value is -2.83. The van der Waals surface area contributed by atoms with Crippen molar-refractivity contribution >= 4 is 23.4 Å². The largest absolute Gasteiger partial charge is 0.378 e. The van der Waals surface area contributed by atoms with Gasteiger partial charge < -0.3 is 19.1 Å². The second kappa shape index (κ2) is 10.2. The highest BCUT2D eigenvalue weighted by Gasteiger charge is 2.29. The van der Waals surface area contributed by atoms with Crippen molar-refractivity contribution in [2.24, 2.45) is 0 Å². The van der Waals surface area contributed by atoms with Crippen LogP contribution in [0.15, 0.2) is 59.1 Å². The van der Waals surface area contributed by atoms with Crippen LogP contribution >= 0.6 is 11.6 Å². The Kier molecular flexibility index (Phi) is 7.12. The number of morpholine rings is 1. The van der Waals surface area contributed by atoms with Gasteiger partial charge in [-0.2, -0.15) is 0 Å². The molecule has 3 aromatic rings. The highest BCUT2D eigenvalue weighted by Crippen LogP contribution is 2.34. The Labute approximate surface area is 193 Å². The minimum atomic E-state index is -0.0378. The van der Waals surface area contributed by atoms with E-state index in [-0.39, 0.29) is 11.9 Å². The van der Waals surface area contributed by atoms with Crippen molar-refractivity contribution in [1.29, 1.82) is 0 Å². The molecule has 32 heavy (non-hydrogen) atoms. The lowest BCUT2D eigenvalue weighted by atomic mass is 10.0. The van der Waals surface area contributed by atoms with Crippen LogP contribution in [0.4, 0.5) is 5.88 Å². The molecule has 1 aliphatic rings. The first kappa shape index (κ1) is 22.4. The van der Waals surface area contributed by atoms with Crippen LogP contribution in [0.1, 0.15) is 36.2 Å². The monoisotopic (exact) mass is 453 g/mol. The van der Waals surface area contributed by atoms with Gasteiger partial charge in [0.1, 0.15) is 5.69 Å². The van der Waals surface area contributed by atoms with Crippen LogP contribution in [0.2, 0.25) is 5.02 Å². The molecule has 7 heteroatoms. The summed E-state index contributed by atoms with van der Waals surface area (Å²) in [7, 11) is 0. The van der Waals surface area contributed by atoms with Crippen molar-refractivity contribution < 1.29 is 14.1 Å². The van der Waals surface area contributed by atoms with Gasteiger partial charge in [-0.1, -0.05) is 54.0 Å². The van der Waals surface area contributed by atoms with E-state index in [1.165, 1.54) is 0 Å². The molecular formula is C25H28ClN3O3. The molecule has 4 rings (SSSR count). The minimum absolute atomic E-state index is 0.0363. The summed E-state index contributed by atoms with van der Waals surface area (Å²) in [6.45, 7) is 7.28. The van der Waals surface area contributed by atoms with Crippen LogP contribution in [0.25, 0.3) is 11.3 Å². The Balaban J connectivity index is 1.73. The van der Waals surface area contributed by atoms with Crippen LogP contribution in [0.3, 0.4) is 0 Å². The number of halogens is 1. The SMILES string of the molecule is CC[C@@H](C)N(Cc1c(-c2ccccc2)noc1N1CCOCC1)C(=O)c1ccc(Cl)cc1. The summed E-state index contributed by atoms with van der Waals surface area (Å²) in [4.78, 5) is 17.6. The van der Waals surface area contributed by atoms with Crippen molar-refractivity contribution in [3.05, 3.63) is 70.7 Å². The van der Waals surface area contributed by atoms with E-state index in [1.54, 1.807) is 24.3 Å². The number of hydrogen-bond donors (Lipinski definition) is 0. The Morgan fingerprint density at radius 3 is 2.47 bits per heavy atom. The van der Waals surface area contributed by atoms with E-state index >= 15 is 0 Å². The highest BCUT2D eigenvalue weighted by molar-refractivity contribution is 6.30. The fourth-order valence-electron chi connectivity index (χ4n) is 3.86. The number of aromatic nitrogens is 1. The molecule has 1 saturated heterocycles. The molecule has 1 fully saturated rings. The summed E-state index contributed by atoms with van der Waals surface area (Å²) >= 11 is 6.03. The lowest BCUT2D eigenvalue weighted by molar-refractivity contribution is 0.0671. The fourth-order valence-corrected chi connectivity index (χ4v) is 3.98. The number of carbonyl (C=O) groups excluding carboxylic acids is 1. The van der Waals surface area contributed by atoms with E-state index in [4.69, 9.17) is 20.9 Å². The molecular weight excluding hydrogens is 426 g/mol. The minimum Gasteiger partial charge on any atom is -0.378 e. The molecule has 1 aromatic heterocycles. The fraction of sp³-hybridized carbons (Fsp3) is 0.360. The summed E-state index contributed by atoms with van der Waals surface area (Å²) in [5.74, 6) is 0.675. The molecule has 0 bridgehead atoms. The summed E-state index contributed by atoms with van der Waals surface area (Å²) in [6.07, 6.45) is 0.832. The van der Waals surface area contributed by atoms with Gasteiger partial charge in [0.15, 0.2) is 0 Å². The zero-order valence-corrected chi connectivity index (χ0v) is 19.2. The van der Waals surface area contributed by atoms with Crippen molar-refractivity contribution in [3.8, 4) is 11.3 Å². The third-order valence-electron chi connectivity index (χ3n) is 5.92. The predicted octanol–water partition coefficient (Wildman–Crippen LogP) is 5.27. The van der Waals surface area contributed by atoms with E-state index in [0.29, 0.717) is 36.2 Å². The summed E-state index contributed by atoms with van der Waals surface area (Å²) in [6, 6.07) is 17.0. The van der Waals surface area contributed by atoms with E-state index < -0.39 is 0 Å². The molecule has 1 amide bonds. The number of carbonyl (C=O) groups is 1. The van der Waals surface area contributed by atoms with Gasteiger partial charge in [0.2, 0.25) is 5.88 Å². The standard InChI is InChI=1S/C25H28ClN3O3/c1-3-18(2)29(24(30)20-9-11-21(26)12-10-20)17-22-23(19-7-5-4-6-8-19)27-32-25(22)28-13-15-31-16-14-28/h4-12,18H,3,13-17H2,1-2H3/t18-/m1/s1. The number of nitrogens with zero attached hydrogens (tertiary/aromatic N) is 3. The maximum Gasteiger partial charge on any atom is 0.254 e. The van der Waals surface area contributed by atoms with Gasteiger partial charge >= 0.3 is 0 Å². The molecule has 0 saturated carbocycles. The zero-order chi connectivity index (χ0) is 22.5. The van der Waals surface area contributed by atoms with Crippen LogP contribution < -0.4 is 4.90 Å². The quantitative estimate of drug-likeness (QED) is 0.487. The van der Waals surface area contributed by atoms with Crippen molar-refractivity contribution in [2.45, 2.75) is 32.9 Å². The topological polar surface area (TPSA) is 58.8 Å². The Morgan fingerprint density at radius 1 is 1.12 bits per heavy atom. The second-order valence-corrected chi connectivity index (χ2v) is 8.41. The second-order valence-electron chi connectivity index (χ2n) is 7.98. The van der Waals surface area contributed by atoms with Gasteiger partial charge in [-0.15, -0.1) is 0 Å². The third kappa shape index (κ3) is 4.81. The number of anilines is 1. The van der Waals surface area contributed by atoms with Gasteiger partial charge in [-0.25, -0.2) is 0 Å². The van der Waals surface area contributed by atoms with Gasteiger partial charge in [0.05, 0.1) is 25.3 Å². The Bertz CT molecular complexity index is 1030. The number of amides is 1. The number of hydrogen-bond acceptors (Lipinski definition) is 5. The normalized spacial score (nSPS) is 14.9. The third-order valence-corrected chi connectivity index (χ3v) is 6.17. The van der Waals surface area contributed by atoms with Crippen LogP contribution in [0, 0.1) is 0 Å². The smallest absolute Gasteiger partial charge is 0.254 e. The molecule has 6 nitrogen and oxygen atoms in total. The molecule has 0 spiro atoms. The number of ether oxygens (including phenoxy) is 1. The molecule has 2 aromatic carbocycles. The molecule has 0 aliphatic carbocycles. The summed E-state index contributed by atoms with van der Waals surface area (Å²) < 4.78 is 11.4. The molecule has 1 atom stereocenters. The van der Waals surface area contributed by atoms with E-state index in [2.05, 4.69) is 23.9 Å². The number of benzene rings is 2. The molecule has 1 aliphatic heterocycles. The highest BCUT2D eigenvalue weighted by atomic mass is 35.5. The van der Waals surface area contributed by atoms with E-state index in [1.807, 2.05) is 35.2 Å². The van der Waals surface area contributed by atoms with Crippen LogP contribution in [0.5, 0.6) is 0 Å². The van der Waals surface area contributed by atoms with Crippen molar-refractivity contribution in [3.63, 3.8) is 0 Å². The van der Waals surface area contributed by atoms with Crippen molar-refractivity contribution in [1.82, 2.24) is 10.1 Å². The Morgan fingerprint density at radius 2 is 1.81 bits per heavy atom.